The lowest BCUT2D eigenvalue weighted by atomic mass is 10.1. The Labute approximate surface area is 227 Å². The summed E-state index contributed by atoms with van der Waals surface area (Å²) in [6, 6.07) is 7.10. The predicted octanol–water partition coefficient (Wildman–Crippen LogP) is 3.65. The third-order valence-electron chi connectivity index (χ3n) is 6.77. The minimum absolute atomic E-state index is 0.0387. The summed E-state index contributed by atoms with van der Waals surface area (Å²) in [6.07, 6.45) is 3.24. The maximum atomic E-state index is 12.8. The van der Waals surface area contributed by atoms with Crippen molar-refractivity contribution in [1.82, 2.24) is 30.0 Å². The lowest BCUT2D eigenvalue weighted by Crippen LogP contribution is -2.43. The highest BCUT2D eigenvalue weighted by molar-refractivity contribution is 5.90. The van der Waals surface area contributed by atoms with Crippen LogP contribution in [-0.4, -0.2) is 88.8 Å². The molecular formula is C27H36N8O4. The molecule has 2 N–H and O–H groups in total. The standard InChI is InChI=1S/C27H36N8O4/c1-27(2,3)39-26(37)34-11-5-6-20(17-34)35-24-21(16-29-35)23(33-12-14-38-15-13-33)31-22(32-24)18-7-9-19(10-8-18)30-25(36)28-4/h7-10,16,20H,5-6,11-15,17H2,1-4H3,(H2,28,30,36)/t20-/m1/s1. The average molecular weight is 537 g/mol. The minimum Gasteiger partial charge on any atom is -0.444 e. The second-order valence-electron chi connectivity index (χ2n) is 10.8. The number of amides is 3. The molecule has 208 valence electrons. The largest absolute Gasteiger partial charge is 0.444 e. The fraction of sp³-hybridized carbons (Fsp3) is 0.519. The SMILES string of the molecule is CNC(=O)Nc1ccc(-c2nc(N3CCOCC3)c3cnn([C@@H]4CCCN(C(=O)OC(C)(C)C)C4)c3n2)cc1. The number of fused-ring (bicyclic) bond motifs is 1. The molecule has 4 heterocycles. The molecule has 3 aromatic rings. The number of rotatable bonds is 4. The van der Waals surface area contributed by atoms with Gasteiger partial charge in [0.05, 0.1) is 30.8 Å². The van der Waals surface area contributed by atoms with Gasteiger partial charge in [-0.1, -0.05) is 0 Å². The van der Waals surface area contributed by atoms with Crippen molar-refractivity contribution in [1.29, 1.82) is 0 Å². The molecule has 2 aliphatic rings. The zero-order valence-corrected chi connectivity index (χ0v) is 22.9. The van der Waals surface area contributed by atoms with Gasteiger partial charge < -0.3 is 29.9 Å². The minimum atomic E-state index is -0.553. The summed E-state index contributed by atoms with van der Waals surface area (Å²) in [7, 11) is 1.57. The van der Waals surface area contributed by atoms with Crippen molar-refractivity contribution in [3.8, 4) is 11.4 Å². The maximum Gasteiger partial charge on any atom is 0.410 e. The number of hydrogen-bond donors (Lipinski definition) is 2. The van der Waals surface area contributed by atoms with E-state index in [-0.39, 0.29) is 18.2 Å². The predicted molar refractivity (Wildman–Crippen MR) is 148 cm³/mol. The van der Waals surface area contributed by atoms with Crippen LogP contribution in [0.3, 0.4) is 0 Å². The molecule has 2 saturated heterocycles. The average Bonchev–Trinajstić information content (AvgIpc) is 3.36. The highest BCUT2D eigenvalue weighted by Crippen LogP contribution is 2.32. The van der Waals surface area contributed by atoms with Crippen LogP contribution in [0.2, 0.25) is 0 Å². The van der Waals surface area contributed by atoms with E-state index in [0.29, 0.717) is 37.8 Å². The zero-order chi connectivity index (χ0) is 27.6. The number of nitrogens with zero attached hydrogens (tertiary/aromatic N) is 6. The Morgan fingerprint density at radius 3 is 2.51 bits per heavy atom. The van der Waals surface area contributed by atoms with Gasteiger partial charge in [0.15, 0.2) is 11.5 Å². The molecule has 12 nitrogen and oxygen atoms in total. The van der Waals surface area contributed by atoms with Crippen molar-refractivity contribution in [2.75, 3.05) is 56.7 Å². The third-order valence-corrected chi connectivity index (χ3v) is 6.77. The van der Waals surface area contributed by atoms with Gasteiger partial charge in [-0.3, -0.25) is 0 Å². The number of likely N-dealkylation sites (tertiary alicyclic amines) is 1. The molecular weight excluding hydrogens is 500 g/mol. The molecule has 0 aliphatic carbocycles. The van der Waals surface area contributed by atoms with Gasteiger partial charge in [-0.25, -0.2) is 24.2 Å². The number of urea groups is 1. The fourth-order valence-electron chi connectivity index (χ4n) is 4.87. The van der Waals surface area contributed by atoms with E-state index >= 15 is 0 Å². The molecule has 5 rings (SSSR count). The van der Waals surface area contributed by atoms with E-state index in [0.717, 1.165) is 48.3 Å². The monoisotopic (exact) mass is 536 g/mol. The molecule has 0 radical (unpaired) electrons. The fourth-order valence-corrected chi connectivity index (χ4v) is 4.87. The van der Waals surface area contributed by atoms with Crippen LogP contribution in [0.1, 0.15) is 39.7 Å². The van der Waals surface area contributed by atoms with E-state index in [1.54, 1.807) is 11.9 Å². The van der Waals surface area contributed by atoms with Crippen LogP contribution in [0.5, 0.6) is 0 Å². The molecule has 12 heteroatoms. The lowest BCUT2D eigenvalue weighted by molar-refractivity contribution is 0.0169. The van der Waals surface area contributed by atoms with Gasteiger partial charge in [0, 0.05) is 44.5 Å². The molecule has 0 spiro atoms. The van der Waals surface area contributed by atoms with E-state index in [2.05, 4.69) is 15.5 Å². The lowest BCUT2D eigenvalue weighted by Gasteiger charge is -2.34. The van der Waals surface area contributed by atoms with Gasteiger partial charge in [-0.05, 0) is 57.9 Å². The van der Waals surface area contributed by atoms with E-state index in [1.807, 2.05) is 55.9 Å². The number of benzene rings is 1. The van der Waals surface area contributed by atoms with Gasteiger partial charge in [-0.2, -0.15) is 5.10 Å². The van der Waals surface area contributed by atoms with E-state index in [4.69, 9.17) is 24.5 Å². The van der Waals surface area contributed by atoms with Crippen molar-refractivity contribution >= 4 is 34.7 Å². The number of morpholine rings is 1. The molecule has 2 fully saturated rings. The van der Waals surface area contributed by atoms with Gasteiger partial charge >= 0.3 is 12.1 Å². The topological polar surface area (TPSA) is 127 Å². The van der Waals surface area contributed by atoms with Crippen LogP contribution in [0.4, 0.5) is 21.1 Å². The summed E-state index contributed by atoms with van der Waals surface area (Å²) in [6.45, 7) is 9.48. The Morgan fingerprint density at radius 1 is 1.08 bits per heavy atom. The van der Waals surface area contributed by atoms with Gasteiger partial charge in [0.2, 0.25) is 0 Å². The molecule has 0 unspecified atom stereocenters. The number of anilines is 2. The molecule has 1 atom stereocenters. The number of hydrogen-bond acceptors (Lipinski definition) is 8. The first kappa shape index (κ1) is 26.7. The summed E-state index contributed by atoms with van der Waals surface area (Å²) in [5.41, 5.74) is 1.66. The zero-order valence-electron chi connectivity index (χ0n) is 22.9. The van der Waals surface area contributed by atoms with Crippen LogP contribution in [0.15, 0.2) is 30.5 Å². The van der Waals surface area contributed by atoms with Crippen molar-refractivity contribution in [2.45, 2.75) is 45.3 Å². The highest BCUT2D eigenvalue weighted by atomic mass is 16.6. The van der Waals surface area contributed by atoms with E-state index < -0.39 is 5.60 Å². The number of aromatic nitrogens is 4. The maximum absolute atomic E-state index is 12.8. The van der Waals surface area contributed by atoms with Gasteiger partial charge in [0.1, 0.15) is 11.4 Å². The number of carbonyl (C=O) groups is 2. The van der Waals surface area contributed by atoms with Gasteiger partial charge in [0.25, 0.3) is 0 Å². The number of piperidine rings is 1. The smallest absolute Gasteiger partial charge is 0.410 e. The number of nitrogens with one attached hydrogen (secondary N) is 2. The molecule has 2 aromatic heterocycles. The third kappa shape index (κ3) is 6.06. The molecule has 3 amide bonds. The first-order chi connectivity index (χ1) is 18.7. The van der Waals surface area contributed by atoms with Crippen molar-refractivity contribution < 1.29 is 19.1 Å². The van der Waals surface area contributed by atoms with Gasteiger partial charge in [-0.15, -0.1) is 0 Å². The summed E-state index contributed by atoms with van der Waals surface area (Å²) in [5, 5.41) is 10.9. The van der Waals surface area contributed by atoms with Crippen molar-refractivity contribution in [3.05, 3.63) is 30.5 Å². The van der Waals surface area contributed by atoms with Crippen LogP contribution in [0.25, 0.3) is 22.4 Å². The Balaban J connectivity index is 1.50. The number of carbonyl (C=O) groups excluding carboxylic acids is 2. The highest BCUT2D eigenvalue weighted by Gasteiger charge is 2.31. The van der Waals surface area contributed by atoms with Crippen LogP contribution in [0, 0.1) is 0 Å². The van der Waals surface area contributed by atoms with Crippen molar-refractivity contribution in [3.63, 3.8) is 0 Å². The number of ether oxygens (including phenoxy) is 2. The molecule has 39 heavy (non-hydrogen) atoms. The summed E-state index contributed by atoms with van der Waals surface area (Å²) >= 11 is 0. The Kier molecular flexibility index (Phi) is 7.56. The van der Waals surface area contributed by atoms with Crippen LogP contribution < -0.4 is 15.5 Å². The molecule has 0 saturated carbocycles. The normalized spacial score (nSPS) is 18.2. The van der Waals surface area contributed by atoms with E-state index in [1.165, 1.54) is 0 Å². The molecule has 0 bridgehead atoms. The Hall–Kier alpha value is -3.93. The second kappa shape index (κ2) is 11.0. The second-order valence-corrected chi connectivity index (χ2v) is 10.8. The van der Waals surface area contributed by atoms with Crippen LogP contribution >= 0.6 is 0 Å². The Morgan fingerprint density at radius 2 is 1.82 bits per heavy atom. The van der Waals surface area contributed by atoms with Crippen LogP contribution in [-0.2, 0) is 9.47 Å². The van der Waals surface area contributed by atoms with Crippen molar-refractivity contribution in [2.24, 2.45) is 0 Å². The van der Waals surface area contributed by atoms with E-state index in [9.17, 15) is 9.59 Å². The summed E-state index contributed by atoms with van der Waals surface area (Å²) in [4.78, 5) is 38.4. The molecule has 2 aliphatic heterocycles. The summed E-state index contributed by atoms with van der Waals surface area (Å²) < 4.78 is 13.1. The molecule has 1 aromatic carbocycles. The first-order valence-corrected chi connectivity index (χ1v) is 13.4. The quantitative estimate of drug-likeness (QED) is 0.517. The Bertz CT molecular complexity index is 1330. The summed E-state index contributed by atoms with van der Waals surface area (Å²) in [5.74, 6) is 1.38. The first-order valence-electron chi connectivity index (χ1n) is 13.4.